The highest BCUT2D eigenvalue weighted by Crippen LogP contribution is 2.29. The first kappa shape index (κ1) is 14.9. The Bertz CT molecular complexity index is 647. The molecule has 0 fully saturated rings. The van der Waals surface area contributed by atoms with Gasteiger partial charge in [0.05, 0.1) is 0 Å². The molecule has 0 saturated carbocycles. The zero-order valence-electron chi connectivity index (χ0n) is 10.9. The number of nitrogens with one attached hydrogen (secondary N) is 1. The smallest absolute Gasteiger partial charge is 0.247 e. The fraction of sp³-hybridized carbons (Fsp3) is 0.133. The third kappa shape index (κ3) is 3.14. The van der Waals surface area contributed by atoms with Gasteiger partial charge < -0.3 is 11.1 Å². The molecule has 0 aliphatic heterocycles. The van der Waals surface area contributed by atoms with E-state index in [0.29, 0.717) is 5.02 Å². The third-order valence-corrected chi connectivity index (χ3v) is 3.84. The molecular weight excluding hydrogens is 340 g/mol. The first-order valence-corrected chi connectivity index (χ1v) is 7.18. The second-order valence-corrected chi connectivity index (χ2v) is 5.99. The highest BCUT2D eigenvalue weighted by Gasteiger charge is 2.33. The Hall–Kier alpha value is -1.52. The van der Waals surface area contributed by atoms with Gasteiger partial charge in [-0.1, -0.05) is 45.7 Å². The van der Waals surface area contributed by atoms with Crippen molar-refractivity contribution in [3.63, 3.8) is 0 Å². The van der Waals surface area contributed by atoms with Crippen LogP contribution in [-0.4, -0.2) is 5.91 Å². The number of nitrogens with two attached hydrogens (primary N) is 1. The van der Waals surface area contributed by atoms with E-state index in [1.165, 1.54) is 0 Å². The van der Waals surface area contributed by atoms with Gasteiger partial charge in [-0.15, -0.1) is 0 Å². The van der Waals surface area contributed by atoms with Crippen LogP contribution in [0.15, 0.2) is 53.0 Å². The van der Waals surface area contributed by atoms with E-state index in [1.54, 1.807) is 19.1 Å². The normalized spacial score (nSPS) is 13.6. The zero-order chi connectivity index (χ0) is 14.8. The summed E-state index contributed by atoms with van der Waals surface area (Å²) in [7, 11) is 0. The van der Waals surface area contributed by atoms with E-state index in [4.69, 9.17) is 17.3 Å². The number of halogens is 2. The van der Waals surface area contributed by atoms with Crippen molar-refractivity contribution in [3.8, 4) is 0 Å². The van der Waals surface area contributed by atoms with Crippen molar-refractivity contribution < 1.29 is 4.79 Å². The average molecular weight is 354 g/mol. The van der Waals surface area contributed by atoms with Crippen molar-refractivity contribution >= 4 is 39.1 Å². The van der Waals surface area contributed by atoms with E-state index in [9.17, 15) is 4.79 Å². The maximum atomic E-state index is 11.9. The minimum absolute atomic E-state index is 0.462. The van der Waals surface area contributed by atoms with Crippen molar-refractivity contribution in [1.29, 1.82) is 0 Å². The summed E-state index contributed by atoms with van der Waals surface area (Å²) in [5.41, 5.74) is 6.08. The summed E-state index contributed by atoms with van der Waals surface area (Å²) in [5.74, 6) is -0.462. The highest BCUT2D eigenvalue weighted by molar-refractivity contribution is 9.10. The minimum Gasteiger partial charge on any atom is -0.368 e. The Labute approximate surface area is 131 Å². The second-order valence-electron chi connectivity index (χ2n) is 4.63. The molecule has 2 rings (SSSR count). The lowest BCUT2D eigenvalue weighted by Crippen LogP contribution is -2.45. The fourth-order valence-electron chi connectivity index (χ4n) is 1.93. The Morgan fingerprint density at radius 2 is 1.95 bits per heavy atom. The van der Waals surface area contributed by atoms with Crippen molar-refractivity contribution in [2.45, 2.75) is 12.5 Å². The Morgan fingerprint density at radius 1 is 1.25 bits per heavy atom. The van der Waals surface area contributed by atoms with Crippen LogP contribution in [0.4, 0.5) is 5.69 Å². The predicted molar refractivity (Wildman–Crippen MR) is 85.8 cm³/mol. The van der Waals surface area contributed by atoms with Crippen LogP contribution in [-0.2, 0) is 10.3 Å². The standard InChI is InChI=1S/C15H14BrClN2O/c1-15(14(18)20,10-4-2-5-11(16)8-10)19-13-7-3-6-12(17)9-13/h2-9,19H,1H3,(H2,18,20). The summed E-state index contributed by atoms with van der Waals surface area (Å²) in [5, 5.41) is 3.75. The first-order valence-electron chi connectivity index (χ1n) is 6.01. The monoisotopic (exact) mass is 352 g/mol. The topological polar surface area (TPSA) is 55.1 Å². The molecule has 1 unspecified atom stereocenters. The van der Waals surface area contributed by atoms with Crippen LogP contribution in [0.1, 0.15) is 12.5 Å². The summed E-state index contributed by atoms with van der Waals surface area (Å²) < 4.78 is 0.885. The number of anilines is 1. The van der Waals surface area contributed by atoms with Crippen LogP contribution in [0.3, 0.4) is 0 Å². The SMILES string of the molecule is CC(Nc1cccc(Cl)c1)(C(N)=O)c1cccc(Br)c1. The lowest BCUT2D eigenvalue weighted by atomic mass is 9.91. The molecule has 104 valence electrons. The number of hydrogen-bond acceptors (Lipinski definition) is 2. The fourth-order valence-corrected chi connectivity index (χ4v) is 2.52. The molecule has 0 heterocycles. The summed E-state index contributed by atoms with van der Waals surface area (Å²) in [4.78, 5) is 11.9. The summed E-state index contributed by atoms with van der Waals surface area (Å²) >= 11 is 9.36. The average Bonchev–Trinajstić information content (AvgIpc) is 2.38. The maximum absolute atomic E-state index is 11.9. The van der Waals surface area contributed by atoms with E-state index in [1.807, 2.05) is 36.4 Å². The van der Waals surface area contributed by atoms with Crippen molar-refractivity contribution in [1.82, 2.24) is 0 Å². The van der Waals surface area contributed by atoms with Gasteiger partial charge in [-0.2, -0.15) is 0 Å². The molecule has 0 radical (unpaired) electrons. The van der Waals surface area contributed by atoms with Gasteiger partial charge in [0.2, 0.25) is 5.91 Å². The van der Waals surface area contributed by atoms with Gasteiger partial charge in [0, 0.05) is 15.2 Å². The van der Waals surface area contributed by atoms with E-state index >= 15 is 0 Å². The molecule has 3 N–H and O–H groups in total. The molecule has 0 aliphatic carbocycles. The predicted octanol–water partition coefficient (Wildman–Crippen LogP) is 3.92. The molecule has 1 atom stereocenters. The molecule has 5 heteroatoms. The molecule has 20 heavy (non-hydrogen) atoms. The number of benzene rings is 2. The molecule has 0 bridgehead atoms. The lowest BCUT2D eigenvalue weighted by molar-refractivity contribution is -0.122. The van der Waals surface area contributed by atoms with Crippen LogP contribution in [0.2, 0.25) is 5.02 Å². The maximum Gasteiger partial charge on any atom is 0.247 e. The molecule has 1 amide bonds. The van der Waals surface area contributed by atoms with Gasteiger partial charge in [0.15, 0.2) is 0 Å². The highest BCUT2D eigenvalue weighted by atomic mass is 79.9. The summed E-state index contributed by atoms with van der Waals surface area (Å²) in [6.45, 7) is 1.75. The molecular formula is C15H14BrClN2O. The van der Waals surface area contributed by atoms with Crippen LogP contribution in [0.25, 0.3) is 0 Å². The van der Waals surface area contributed by atoms with Gasteiger partial charge in [0.25, 0.3) is 0 Å². The van der Waals surface area contributed by atoms with Crippen molar-refractivity contribution in [2.24, 2.45) is 5.73 Å². The summed E-state index contributed by atoms with van der Waals surface area (Å²) in [6, 6.07) is 14.6. The largest absolute Gasteiger partial charge is 0.368 e. The number of rotatable bonds is 4. The minimum atomic E-state index is -1.02. The van der Waals surface area contributed by atoms with E-state index in [-0.39, 0.29) is 0 Å². The zero-order valence-corrected chi connectivity index (χ0v) is 13.2. The third-order valence-electron chi connectivity index (χ3n) is 3.11. The first-order chi connectivity index (χ1) is 9.41. The van der Waals surface area contributed by atoms with Gasteiger partial charge in [0.1, 0.15) is 5.54 Å². The summed E-state index contributed by atoms with van der Waals surface area (Å²) in [6.07, 6.45) is 0. The number of primary amides is 1. The van der Waals surface area contributed by atoms with Gasteiger partial charge in [-0.3, -0.25) is 4.79 Å². The number of carbonyl (C=O) groups is 1. The molecule has 0 aliphatic rings. The van der Waals surface area contributed by atoms with E-state index in [2.05, 4.69) is 21.2 Å². The van der Waals surface area contributed by atoms with Gasteiger partial charge >= 0.3 is 0 Å². The number of carbonyl (C=O) groups excluding carboxylic acids is 1. The Morgan fingerprint density at radius 3 is 2.55 bits per heavy atom. The van der Waals surface area contributed by atoms with Crippen LogP contribution < -0.4 is 11.1 Å². The van der Waals surface area contributed by atoms with Crippen LogP contribution in [0.5, 0.6) is 0 Å². The van der Waals surface area contributed by atoms with Gasteiger partial charge in [-0.05, 0) is 42.8 Å². The van der Waals surface area contributed by atoms with Crippen LogP contribution in [0, 0.1) is 0 Å². The molecule has 0 saturated heterocycles. The number of hydrogen-bond donors (Lipinski definition) is 2. The Balaban J connectivity index is 2.42. The van der Waals surface area contributed by atoms with Gasteiger partial charge in [-0.25, -0.2) is 0 Å². The van der Waals surface area contributed by atoms with Crippen molar-refractivity contribution in [3.05, 3.63) is 63.6 Å². The molecule has 0 aromatic heterocycles. The Kier molecular flexibility index (Phi) is 4.35. The van der Waals surface area contributed by atoms with Crippen LogP contribution >= 0.6 is 27.5 Å². The quantitative estimate of drug-likeness (QED) is 0.875. The number of amides is 1. The van der Waals surface area contributed by atoms with E-state index in [0.717, 1.165) is 15.7 Å². The molecule has 2 aromatic carbocycles. The molecule has 3 nitrogen and oxygen atoms in total. The lowest BCUT2D eigenvalue weighted by Gasteiger charge is -2.29. The second kappa shape index (κ2) is 5.85. The van der Waals surface area contributed by atoms with E-state index < -0.39 is 11.4 Å². The molecule has 0 spiro atoms. The molecule has 2 aromatic rings. The van der Waals surface area contributed by atoms with Crippen molar-refractivity contribution in [2.75, 3.05) is 5.32 Å².